The van der Waals surface area contributed by atoms with Crippen LogP contribution in [0.15, 0.2) is 12.4 Å². The number of rotatable bonds is 2. The van der Waals surface area contributed by atoms with Gasteiger partial charge >= 0.3 is 5.97 Å². The standard InChI is InChI=1S/C13H17N3O3/c17-12(9-1-2-10(7-9)13(18)19)16-6-5-15-4-3-14-11(15)8-16/h3-4,9-10H,1-2,5-8H2,(H,18,19). The van der Waals surface area contributed by atoms with Gasteiger partial charge in [0.1, 0.15) is 5.82 Å². The fourth-order valence-corrected chi connectivity index (χ4v) is 3.05. The summed E-state index contributed by atoms with van der Waals surface area (Å²) in [4.78, 5) is 29.4. The molecule has 2 atom stereocenters. The first-order chi connectivity index (χ1) is 9.15. The molecule has 0 spiro atoms. The van der Waals surface area contributed by atoms with Crippen molar-refractivity contribution >= 4 is 11.9 Å². The number of hydrogen-bond donors (Lipinski definition) is 1. The number of fused-ring (bicyclic) bond motifs is 1. The molecule has 1 aromatic rings. The monoisotopic (exact) mass is 263 g/mol. The maximum atomic E-state index is 12.4. The molecule has 1 aromatic heterocycles. The average molecular weight is 263 g/mol. The number of carboxylic acids is 1. The fraction of sp³-hybridized carbons (Fsp3) is 0.615. The number of nitrogens with zero attached hydrogens (tertiary/aromatic N) is 3. The molecule has 6 heteroatoms. The Balaban J connectivity index is 1.65. The first-order valence-electron chi connectivity index (χ1n) is 6.66. The van der Waals surface area contributed by atoms with Crippen molar-refractivity contribution < 1.29 is 14.7 Å². The lowest BCUT2D eigenvalue weighted by Crippen LogP contribution is -2.41. The van der Waals surface area contributed by atoms with Gasteiger partial charge in [0.05, 0.1) is 12.5 Å². The molecule has 1 amide bonds. The van der Waals surface area contributed by atoms with E-state index in [1.54, 1.807) is 6.20 Å². The van der Waals surface area contributed by atoms with E-state index in [4.69, 9.17) is 5.11 Å². The van der Waals surface area contributed by atoms with Gasteiger partial charge in [-0.3, -0.25) is 9.59 Å². The molecule has 2 unspecified atom stereocenters. The van der Waals surface area contributed by atoms with Crippen LogP contribution in [-0.4, -0.2) is 38.0 Å². The van der Waals surface area contributed by atoms with Crippen LogP contribution in [0.25, 0.3) is 0 Å². The normalized spacial score (nSPS) is 26.2. The van der Waals surface area contributed by atoms with Crippen LogP contribution in [0, 0.1) is 11.8 Å². The van der Waals surface area contributed by atoms with E-state index in [0.29, 0.717) is 32.4 Å². The SMILES string of the molecule is O=C(O)C1CCC(C(=O)N2CCn3ccnc3C2)C1. The number of carbonyl (C=O) groups excluding carboxylic acids is 1. The minimum absolute atomic E-state index is 0.0954. The molecule has 0 radical (unpaired) electrons. The number of carboxylic acid groups (broad SMARTS) is 1. The molecule has 19 heavy (non-hydrogen) atoms. The molecule has 0 bridgehead atoms. The van der Waals surface area contributed by atoms with E-state index >= 15 is 0 Å². The van der Waals surface area contributed by atoms with Crippen molar-refractivity contribution in [1.29, 1.82) is 0 Å². The second-order valence-electron chi connectivity index (χ2n) is 5.34. The lowest BCUT2D eigenvalue weighted by Gasteiger charge is -2.29. The predicted octanol–water partition coefficient (Wildman–Crippen LogP) is 0.726. The summed E-state index contributed by atoms with van der Waals surface area (Å²) < 4.78 is 2.05. The van der Waals surface area contributed by atoms with Crippen LogP contribution in [0.4, 0.5) is 0 Å². The first kappa shape index (κ1) is 12.2. The Kier molecular flexibility index (Phi) is 3.00. The number of amides is 1. The Morgan fingerprint density at radius 3 is 2.79 bits per heavy atom. The molecule has 1 saturated carbocycles. The van der Waals surface area contributed by atoms with E-state index in [0.717, 1.165) is 12.4 Å². The van der Waals surface area contributed by atoms with Gasteiger partial charge in [0.15, 0.2) is 0 Å². The molecule has 1 aliphatic carbocycles. The van der Waals surface area contributed by atoms with Gasteiger partial charge in [0.25, 0.3) is 0 Å². The number of carbonyl (C=O) groups is 2. The Morgan fingerprint density at radius 2 is 2.05 bits per heavy atom. The minimum Gasteiger partial charge on any atom is -0.481 e. The van der Waals surface area contributed by atoms with Gasteiger partial charge in [-0.1, -0.05) is 0 Å². The minimum atomic E-state index is -0.774. The summed E-state index contributed by atoms with van der Waals surface area (Å²) >= 11 is 0. The highest BCUT2D eigenvalue weighted by atomic mass is 16.4. The van der Waals surface area contributed by atoms with E-state index in [2.05, 4.69) is 9.55 Å². The largest absolute Gasteiger partial charge is 0.481 e. The molecule has 6 nitrogen and oxygen atoms in total. The van der Waals surface area contributed by atoms with Crippen LogP contribution in [0.5, 0.6) is 0 Å². The molecular formula is C13H17N3O3. The Labute approximate surface area is 111 Å². The number of aliphatic carboxylic acids is 1. The highest BCUT2D eigenvalue weighted by Gasteiger charge is 2.36. The second kappa shape index (κ2) is 4.68. The smallest absolute Gasteiger partial charge is 0.306 e. The van der Waals surface area contributed by atoms with Crippen LogP contribution in [0.1, 0.15) is 25.1 Å². The van der Waals surface area contributed by atoms with E-state index < -0.39 is 5.97 Å². The lowest BCUT2D eigenvalue weighted by molar-refractivity contribution is -0.141. The third-order valence-electron chi connectivity index (χ3n) is 4.19. The molecule has 1 aliphatic heterocycles. The highest BCUT2D eigenvalue weighted by molar-refractivity contribution is 5.81. The van der Waals surface area contributed by atoms with Gasteiger partial charge < -0.3 is 14.6 Å². The maximum absolute atomic E-state index is 12.4. The molecule has 102 valence electrons. The quantitative estimate of drug-likeness (QED) is 0.853. The predicted molar refractivity (Wildman–Crippen MR) is 66.1 cm³/mol. The molecule has 1 fully saturated rings. The van der Waals surface area contributed by atoms with Gasteiger partial charge in [-0.2, -0.15) is 0 Å². The summed E-state index contributed by atoms with van der Waals surface area (Å²) in [5, 5.41) is 8.99. The van der Waals surface area contributed by atoms with Gasteiger partial charge in [0, 0.05) is 31.4 Å². The van der Waals surface area contributed by atoms with Crippen molar-refractivity contribution in [2.75, 3.05) is 6.54 Å². The van der Waals surface area contributed by atoms with Crippen molar-refractivity contribution in [3.8, 4) is 0 Å². The van der Waals surface area contributed by atoms with Crippen LogP contribution in [0.3, 0.4) is 0 Å². The average Bonchev–Trinajstić information content (AvgIpc) is 3.06. The zero-order chi connectivity index (χ0) is 13.4. The van der Waals surface area contributed by atoms with Gasteiger partial charge in [0.2, 0.25) is 5.91 Å². The van der Waals surface area contributed by atoms with Crippen molar-refractivity contribution in [2.45, 2.75) is 32.4 Å². The van der Waals surface area contributed by atoms with Gasteiger partial charge in [-0.05, 0) is 19.3 Å². The van der Waals surface area contributed by atoms with Crippen molar-refractivity contribution in [2.24, 2.45) is 11.8 Å². The highest BCUT2D eigenvalue weighted by Crippen LogP contribution is 2.33. The van der Waals surface area contributed by atoms with E-state index in [9.17, 15) is 9.59 Å². The summed E-state index contributed by atoms with van der Waals surface area (Å²) in [5.41, 5.74) is 0. The van der Waals surface area contributed by atoms with Crippen molar-refractivity contribution in [3.63, 3.8) is 0 Å². The Hall–Kier alpha value is -1.85. The molecule has 3 rings (SSSR count). The summed E-state index contributed by atoms with van der Waals surface area (Å²) in [7, 11) is 0. The van der Waals surface area contributed by atoms with Crippen LogP contribution in [-0.2, 0) is 22.7 Å². The van der Waals surface area contributed by atoms with Crippen molar-refractivity contribution in [3.05, 3.63) is 18.2 Å². The maximum Gasteiger partial charge on any atom is 0.306 e. The summed E-state index contributed by atoms with van der Waals surface area (Å²) in [6, 6.07) is 0. The molecule has 2 heterocycles. The van der Waals surface area contributed by atoms with Crippen LogP contribution in [0.2, 0.25) is 0 Å². The van der Waals surface area contributed by atoms with Crippen LogP contribution >= 0.6 is 0 Å². The summed E-state index contributed by atoms with van der Waals surface area (Å²) in [6.07, 6.45) is 5.47. The van der Waals surface area contributed by atoms with Gasteiger partial charge in [-0.25, -0.2) is 4.98 Å². The second-order valence-corrected chi connectivity index (χ2v) is 5.34. The van der Waals surface area contributed by atoms with Crippen LogP contribution < -0.4 is 0 Å². The molecule has 0 saturated heterocycles. The van der Waals surface area contributed by atoms with E-state index in [1.165, 1.54) is 0 Å². The number of aromatic nitrogens is 2. The number of imidazole rings is 1. The van der Waals surface area contributed by atoms with E-state index in [1.807, 2.05) is 11.1 Å². The fourth-order valence-electron chi connectivity index (χ4n) is 3.05. The number of hydrogen-bond acceptors (Lipinski definition) is 3. The molecule has 0 aromatic carbocycles. The molecular weight excluding hydrogens is 246 g/mol. The summed E-state index contributed by atoms with van der Waals surface area (Å²) in [5.74, 6) is -0.238. The van der Waals surface area contributed by atoms with Gasteiger partial charge in [-0.15, -0.1) is 0 Å². The molecule has 2 aliphatic rings. The zero-order valence-electron chi connectivity index (χ0n) is 10.7. The summed E-state index contributed by atoms with van der Waals surface area (Å²) in [6.45, 7) is 2.01. The molecule has 1 N–H and O–H groups in total. The zero-order valence-corrected chi connectivity index (χ0v) is 10.7. The Bertz CT molecular complexity index is 511. The Morgan fingerprint density at radius 1 is 1.26 bits per heavy atom. The van der Waals surface area contributed by atoms with E-state index in [-0.39, 0.29) is 17.7 Å². The third-order valence-corrected chi connectivity index (χ3v) is 4.19. The van der Waals surface area contributed by atoms with Crippen molar-refractivity contribution in [1.82, 2.24) is 14.5 Å². The topological polar surface area (TPSA) is 75.4 Å². The third kappa shape index (κ3) is 2.22. The first-order valence-corrected chi connectivity index (χ1v) is 6.66. The lowest BCUT2D eigenvalue weighted by atomic mass is 10.0.